The minimum absolute atomic E-state index is 0.233. The molecule has 160 valence electrons. The average molecular weight is 421 g/mol. The molecule has 1 fully saturated rings. The van der Waals surface area contributed by atoms with E-state index in [4.69, 9.17) is 0 Å². The van der Waals surface area contributed by atoms with Crippen LogP contribution in [0.5, 0.6) is 0 Å². The van der Waals surface area contributed by atoms with E-state index >= 15 is 0 Å². The third-order valence-corrected chi connectivity index (χ3v) is 5.54. The van der Waals surface area contributed by atoms with E-state index in [2.05, 4.69) is 32.4 Å². The van der Waals surface area contributed by atoms with E-state index in [1.165, 1.54) is 6.07 Å². The van der Waals surface area contributed by atoms with Gasteiger partial charge in [0.2, 0.25) is 0 Å². The van der Waals surface area contributed by atoms with Crippen LogP contribution in [0.15, 0.2) is 36.8 Å². The van der Waals surface area contributed by atoms with Crippen LogP contribution in [0.4, 0.5) is 15.9 Å². The summed E-state index contributed by atoms with van der Waals surface area (Å²) >= 11 is 0. The summed E-state index contributed by atoms with van der Waals surface area (Å²) in [6, 6.07) is 5.40. The summed E-state index contributed by atoms with van der Waals surface area (Å²) in [5.74, 6) is 0.171. The van der Waals surface area contributed by atoms with Crippen LogP contribution in [0.2, 0.25) is 0 Å². The Kier molecular flexibility index (Phi) is 4.62. The van der Waals surface area contributed by atoms with E-state index in [9.17, 15) is 9.18 Å². The Balaban J connectivity index is 1.50. The molecule has 0 spiro atoms. The Morgan fingerprint density at radius 2 is 1.94 bits per heavy atom. The van der Waals surface area contributed by atoms with Crippen LogP contribution in [0.1, 0.15) is 28.7 Å². The summed E-state index contributed by atoms with van der Waals surface area (Å²) in [6.45, 7) is 8.52. The van der Waals surface area contributed by atoms with Crippen LogP contribution >= 0.6 is 0 Å². The summed E-state index contributed by atoms with van der Waals surface area (Å²) in [7, 11) is 0. The lowest BCUT2D eigenvalue weighted by Gasteiger charge is -2.34. The first kappa shape index (κ1) is 19.5. The third kappa shape index (κ3) is 3.50. The Hall–Kier alpha value is -3.46. The molecule has 0 aromatic carbocycles. The minimum atomic E-state index is -0.490. The van der Waals surface area contributed by atoms with E-state index in [0.29, 0.717) is 28.6 Å². The number of hydrogen-bond acceptors (Lipinski definition) is 5. The summed E-state index contributed by atoms with van der Waals surface area (Å²) in [5.41, 5.74) is 3.13. The highest BCUT2D eigenvalue weighted by Gasteiger charge is 2.21. The van der Waals surface area contributed by atoms with Crippen molar-refractivity contribution in [3.05, 3.63) is 59.6 Å². The topological polar surface area (TPSA) is 79.0 Å². The molecular weight excluding hydrogens is 397 g/mol. The van der Waals surface area contributed by atoms with Gasteiger partial charge in [0.05, 0.1) is 22.6 Å². The maximum absolute atomic E-state index is 14.4. The molecule has 4 aromatic heterocycles. The average Bonchev–Trinajstić information content (AvgIpc) is 3.28. The molecule has 1 aliphatic rings. The fourth-order valence-corrected chi connectivity index (χ4v) is 4.20. The molecule has 4 aromatic rings. The zero-order chi connectivity index (χ0) is 21.7. The van der Waals surface area contributed by atoms with Crippen molar-refractivity contribution in [2.45, 2.75) is 26.8 Å². The predicted octanol–water partition coefficient (Wildman–Crippen LogP) is 2.79. The fraction of sp³-hybridized carbons (Fsp3) is 0.318. The third-order valence-electron chi connectivity index (χ3n) is 5.54. The van der Waals surface area contributed by atoms with Gasteiger partial charge in [0.15, 0.2) is 17.1 Å². The summed E-state index contributed by atoms with van der Waals surface area (Å²) < 4.78 is 17.9. The molecule has 31 heavy (non-hydrogen) atoms. The van der Waals surface area contributed by atoms with Crippen molar-refractivity contribution in [1.82, 2.24) is 24.1 Å². The molecule has 5 heterocycles. The zero-order valence-corrected chi connectivity index (χ0v) is 17.7. The predicted molar refractivity (Wildman–Crippen MR) is 117 cm³/mol. The molecule has 0 saturated carbocycles. The zero-order valence-electron chi connectivity index (χ0n) is 17.7. The number of carbonyl (C=O) groups is 1. The largest absolute Gasteiger partial charge is 0.355 e. The number of imidazole rings is 2. The first-order valence-electron chi connectivity index (χ1n) is 10.3. The number of pyridine rings is 2. The number of piperazine rings is 1. The quantitative estimate of drug-likeness (QED) is 0.532. The number of anilines is 2. The van der Waals surface area contributed by atoms with Crippen molar-refractivity contribution >= 4 is 28.7 Å². The van der Waals surface area contributed by atoms with E-state index in [1.807, 2.05) is 23.6 Å². The number of halogens is 1. The molecule has 8 nitrogen and oxygen atoms in total. The highest BCUT2D eigenvalue weighted by Crippen LogP contribution is 2.24. The van der Waals surface area contributed by atoms with E-state index in [-0.39, 0.29) is 11.6 Å². The van der Waals surface area contributed by atoms with Crippen molar-refractivity contribution in [2.75, 3.05) is 29.9 Å². The molecule has 1 atom stereocenters. The number of nitrogens with one attached hydrogen (secondary N) is 2. The summed E-state index contributed by atoms with van der Waals surface area (Å²) in [4.78, 5) is 24.1. The molecule has 5 rings (SSSR count). The molecule has 1 amide bonds. The molecule has 2 N–H and O–H groups in total. The number of rotatable bonds is 3. The van der Waals surface area contributed by atoms with Gasteiger partial charge < -0.3 is 19.9 Å². The summed E-state index contributed by atoms with van der Waals surface area (Å²) in [6.07, 6.45) is 5.31. The molecule has 0 radical (unpaired) electrons. The lowest BCUT2D eigenvalue weighted by molar-refractivity contribution is 0.102. The van der Waals surface area contributed by atoms with Crippen molar-refractivity contribution in [2.24, 2.45) is 0 Å². The van der Waals surface area contributed by atoms with Crippen LogP contribution in [0, 0.1) is 19.7 Å². The van der Waals surface area contributed by atoms with Gasteiger partial charge in [0.1, 0.15) is 5.82 Å². The second kappa shape index (κ2) is 7.35. The highest BCUT2D eigenvalue weighted by molar-refractivity contribution is 6.08. The van der Waals surface area contributed by atoms with Crippen LogP contribution in [-0.2, 0) is 0 Å². The Bertz CT molecular complexity index is 1310. The monoisotopic (exact) mass is 421 g/mol. The first-order chi connectivity index (χ1) is 14.9. The summed E-state index contributed by atoms with van der Waals surface area (Å²) in [5, 5.41) is 6.25. The lowest BCUT2D eigenvalue weighted by atomic mass is 10.2. The van der Waals surface area contributed by atoms with Crippen molar-refractivity contribution < 1.29 is 9.18 Å². The molecule has 1 saturated heterocycles. The van der Waals surface area contributed by atoms with E-state index < -0.39 is 5.82 Å². The van der Waals surface area contributed by atoms with Crippen molar-refractivity contribution in [3.8, 4) is 0 Å². The van der Waals surface area contributed by atoms with Gasteiger partial charge in [-0.05, 0) is 32.9 Å². The van der Waals surface area contributed by atoms with Crippen molar-refractivity contribution in [1.29, 1.82) is 0 Å². The van der Waals surface area contributed by atoms with Gasteiger partial charge in [-0.15, -0.1) is 0 Å². The molecule has 1 unspecified atom stereocenters. The second-order valence-corrected chi connectivity index (χ2v) is 8.13. The standard InChI is InChI=1S/C22H24FN7O/c1-13-9-28(7-6-24-13)19-5-4-17(20-25-15(3)11-30(19)20)22(31)27-16-8-18(23)21-26-14(2)10-29(21)12-16/h4-5,8,10-13,24H,6-7,9H2,1-3H3,(H,27,31). The van der Waals surface area contributed by atoms with Crippen LogP contribution in [0.25, 0.3) is 11.3 Å². The van der Waals surface area contributed by atoms with Gasteiger partial charge in [0.25, 0.3) is 5.91 Å². The number of nitrogens with zero attached hydrogens (tertiary/aromatic N) is 5. The molecule has 0 aliphatic carbocycles. The first-order valence-corrected chi connectivity index (χ1v) is 10.3. The number of fused-ring (bicyclic) bond motifs is 2. The number of aryl methyl sites for hydroxylation is 2. The van der Waals surface area contributed by atoms with E-state index in [0.717, 1.165) is 31.1 Å². The normalized spacial score (nSPS) is 16.9. The molecule has 1 aliphatic heterocycles. The lowest BCUT2D eigenvalue weighted by Crippen LogP contribution is -2.49. The van der Waals surface area contributed by atoms with Crippen molar-refractivity contribution in [3.63, 3.8) is 0 Å². The Morgan fingerprint density at radius 3 is 2.74 bits per heavy atom. The SMILES string of the molecule is Cc1cn2cc(NC(=O)c3ccc(N4CCNC(C)C4)n4cc(C)nc34)cc(F)c2n1. The van der Waals surface area contributed by atoms with Gasteiger partial charge in [0, 0.05) is 50.3 Å². The van der Waals surface area contributed by atoms with Gasteiger partial charge in [-0.1, -0.05) is 0 Å². The van der Waals surface area contributed by atoms with Gasteiger partial charge in [-0.2, -0.15) is 0 Å². The van der Waals surface area contributed by atoms with Crippen LogP contribution in [-0.4, -0.2) is 50.4 Å². The number of aromatic nitrogens is 4. The van der Waals surface area contributed by atoms with Gasteiger partial charge in [-0.3, -0.25) is 9.20 Å². The smallest absolute Gasteiger partial charge is 0.259 e. The fourth-order valence-electron chi connectivity index (χ4n) is 4.20. The second-order valence-electron chi connectivity index (χ2n) is 8.13. The maximum Gasteiger partial charge on any atom is 0.259 e. The van der Waals surface area contributed by atoms with Gasteiger partial charge >= 0.3 is 0 Å². The molecule has 9 heteroatoms. The minimum Gasteiger partial charge on any atom is -0.355 e. The van der Waals surface area contributed by atoms with Crippen LogP contribution in [0.3, 0.4) is 0 Å². The number of hydrogen-bond donors (Lipinski definition) is 2. The molecule has 0 bridgehead atoms. The van der Waals surface area contributed by atoms with Gasteiger partial charge in [-0.25, -0.2) is 14.4 Å². The number of amides is 1. The highest BCUT2D eigenvalue weighted by atomic mass is 19.1. The maximum atomic E-state index is 14.4. The Labute approximate surface area is 178 Å². The molecular formula is C22H24FN7O. The van der Waals surface area contributed by atoms with Crippen LogP contribution < -0.4 is 15.5 Å². The Morgan fingerprint density at radius 1 is 1.16 bits per heavy atom. The van der Waals surface area contributed by atoms with E-state index in [1.54, 1.807) is 29.8 Å². The number of carbonyl (C=O) groups excluding carboxylic acids is 1.